The zero-order valence-electron chi connectivity index (χ0n) is 12.4. The number of nitrogens with one attached hydrogen (secondary N) is 1. The molecule has 0 fully saturated rings. The van der Waals surface area contributed by atoms with Gasteiger partial charge >= 0.3 is 0 Å². The van der Waals surface area contributed by atoms with E-state index in [0.717, 1.165) is 19.6 Å². The van der Waals surface area contributed by atoms with E-state index in [1.165, 1.54) is 24.1 Å². The Morgan fingerprint density at radius 1 is 1.11 bits per heavy atom. The van der Waals surface area contributed by atoms with E-state index in [2.05, 4.69) is 62.2 Å². The minimum atomic E-state index is 0.538. The van der Waals surface area contributed by atoms with Gasteiger partial charge in [-0.3, -0.25) is 4.90 Å². The van der Waals surface area contributed by atoms with Crippen LogP contribution in [0, 0.1) is 0 Å². The van der Waals surface area contributed by atoms with Gasteiger partial charge < -0.3 is 5.32 Å². The first-order valence-electron chi connectivity index (χ1n) is 7.19. The lowest BCUT2D eigenvalue weighted by atomic mass is 10.1. The number of benzene rings is 1. The Labute approximate surface area is 112 Å². The van der Waals surface area contributed by atoms with E-state index in [4.69, 9.17) is 0 Å². The second-order valence-electron chi connectivity index (χ2n) is 5.17. The van der Waals surface area contributed by atoms with Crippen molar-refractivity contribution in [1.29, 1.82) is 0 Å². The summed E-state index contributed by atoms with van der Waals surface area (Å²) in [6, 6.07) is 9.32. The summed E-state index contributed by atoms with van der Waals surface area (Å²) < 4.78 is 0. The van der Waals surface area contributed by atoms with Gasteiger partial charge in [0.05, 0.1) is 0 Å². The van der Waals surface area contributed by atoms with Crippen LogP contribution in [0.15, 0.2) is 24.3 Å². The average molecular weight is 248 g/mol. The average Bonchev–Trinajstić information content (AvgIpc) is 2.37. The smallest absolute Gasteiger partial charge is 0.0236 e. The van der Waals surface area contributed by atoms with Gasteiger partial charge in [-0.15, -0.1) is 0 Å². The number of rotatable bonds is 8. The molecule has 0 radical (unpaired) electrons. The third kappa shape index (κ3) is 5.19. The molecule has 1 aromatic carbocycles. The van der Waals surface area contributed by atoms with Gasteiger partial charge in [-0.05, 0) is 30.6 Å². The SMILES string of the molecule is CCCN(CC)Cc1ccccc1CNC(C)C. The molecule has 0 spiro atoms. The predicted octanol–water partition coefficient (Wildman–Crippen LogP) is 3.42. The summed E-state index contributed by atoms with van der Waals surface area (Å²) >= 11 is 0. The van der Waals surface area contributed by atoms with Gasteiger partial charge in [-0.1, -0.05) is 52.0 Å². The molecule has 0 aliphatic heterocycles. The molecule has 0 atom stereocenters. The predicted molar refractivity (Wildman–Crippen MR) is 79.7 cm³/mol. The summed E-state index contributed by atoms with van der Waals surface area (Å²) in [6.07, 6.45) is 1.22. The molecule has 2 nitrogen and oxygen atoms in total. The summed E-state index contributed by atoms with van der Waals surface area (Å²) in [5.41, 5.74) is 2.89. The Balaban J connectivity index is 2.68. The van der Waals surface area contributed by atoms with Crippen LogP contribution in [-0.2, 0) is 13.1 Å². The molecule has 0 heterocycles. The van der Waals surface area contributed by atoms with Gasteiger partial charge in [0.15, 0.2) is 0 Å². The van der Waals surface area contributed by atoms with Crippen LogP contribution in [-0.4, -0.2) is 24.0 Å². The third-order valence-corrected chi connectivity index (χ3v) is 3.20. The molecule has 1 N–H and O–H groups in total. The van der Waals surface area contributed by atoms with Crippen molar-refractivity contribution in [2.75, 3.05) is 13.1 Å². The fourth-order valence-corrected chi connectivity index (χ4v) is 2.10. The zero-order chi connectivity index (χ0) is 13.4. The first-order valence-corrected chi connectivity index (χ1v) is 7.19. The van der Waals surface area contributed by atoms with Crippen molar-refractivity contribution in [3.63, 3.8) is 0 Å². The minimum absolute atomic E-state index is 0.538. The first-order chi connectivity index (χ1) is 8.67. The highest BCUT2D eigenvalue weighted by Crippen LogP contribution is 2.12. The molecule has 102 valence electrons. The van der Waals surface area contributed by atoms with Crippen molar-refractivity contribution in [2.45, 2.75) is 53.2 Å². The Morgan fingerprint density at radius 3 is 2.33 bits per heavy atom. The molecule has 0 aliphatic carbocycles. The van der Waals surface area contributed by atoms with E-state index in [1.807, 2.05) is 0 Å². The second-order valence-corrected chi connectivity index (χ2v) is 5.17. The van der Waals surface area contributed by atoms with Gasteiger partial charge in [-0.2, -0.15) is 0 Å². The molecule has 0 unspecified atom stereocenters. The van der Waals surface area contributed by atoms with Gasteiger partial charge in [0.1, 0.15) is 0 Å². The maximum absolute atomic E-state index is 3.51. The van der Waals surface area contributed by atoms with E-state index in [-0.39, 0.29) is 0 Å². The van der Waals surface area contributed by atoms with Crippen molar-refractivity contribution in [3.05, 3.63) is 35.4 Å². The van der Waals surface area contributed by atoms with E-state index in [0.29, 0.717) is 6.04 Å². The molecule has 0 aliphatic rings. The van der Waals surface area contributed by atoms with Crippen LogP contribution in [0.1, 0.15) is 45.2 Å². The number of nitrogens with zero attached hydrogens (tertiary/aromatic N) is 1. The van der Waals surface area contributed by atoms with Crippen molar-refractivity contribution in [1.82, 2.24) is 10.2 Å². The molecule has 2 heteroatoms. The summed E-state index contributed by atoms with van der Waals surface area (Å²) in [5, 5.41) is 3.51. The summed E-state index contributed by atoms with van der Waals surface area (Å²) in [4.78, 5) is 2.51. The van der Waals surface area contributed by atoms with Crippen LogP contribution in [0.3, 0.4) is 0 Å². The van der Waals surface area contributed by atoms with Crippen molar-refractivity contribution in [2.24, 2.45) is 0 Å². The van der Waals surface area contributed by atoms with Crippen LogP contribution in [0.2, 0.25) is 0 Å². The van der Waals surface area contributed by atoms with E-state index in [1.54, 1.807) is 0 Å². The Hall–Kier alpha value is -0.860. The van der Waals surface area contributed by atoms with Gasteiger partial charge in [0, 0.05) is 19.1 Å². The summed E-state index contributed by atoms with van der Waals surface area (Å²) in [7, 11) is 0. The van der Waals surface area contributed by atoms with E-state index >= 15 is 0 Å². The molecular formula is C16H28N2. The largest absolute Gasteiger partial charge is 0.310 e. The van der Waals surface area contributed by atoms with E-state index in [9.17, 15) is 0 Å². The Kier molecular flexibility index (Phi) is 6.99. The quantitative estimate of drug-likeness (QED) is 0.758. The molecule has 0 amide bonds. The third-order valence-electron chi connectivity index (χ3n) is 3.20. The molecule has 1 rings (SSSR count). The lowest BCUT2D eigenvalue weighted by Gasteiger charge is -2.21. The molecular weight excluding hydrogens is 220 g/mol. The van der Waals surface area contributed by atoms with Crippen molar-refractivity contribution >= 4 is 0 Å². The Morgan fingerprint density at radius 2 is 1.78 bits per heavy atom. The highest BCUT2D eigenvalue weighted by molar-refractivity contribution is 5.27. The van der Waals surface area contributed by atoms with Crippen LogP contribution >= 0.6 is 0 Å². The van der Waals surface area contributed by atoms with Gasteiger partial charge in [0.25, 0.3) is 0 Å². The molecule has 0 saturated carbocycles. The maximum Gasteiger partial charge on any atom is 0.0236 e. The molecule has 0 bridgehead atoms. The van der Waals surface area contributed by atoms with Crippen molar-refractivity contribution < 1.29 is 0 Å². The topological polar surface area (TPSA) is 15.3 Å². The molecule has 18 heavy (non-hydrogen) atoms. The Bertz CT molecular complexity index is 334. The lowest BCUT2D eigenvalue weighted by Crippen LogP contribution is -2.26. The highest BCUT2D eigenvalue weighted by atomic mass is 15.1. The second kappa shape index (κ2) is 8.28. The number of hydrogen-bond donors (Lipinski definition) is 1. The standard InChI is InChI=1S/C16H28N2/c1-5-11-18(6-2)13-16-10-8-7-9-15(16)12-17-14(3)4/h7-10,14,17H,5-6,11-13H2,1-4H3. The monoisotopic (exact) mass is 248 g/mol. The molecule has 0 aromatic heterocycles. The van der Waals surface area contributed by atoms with Gasteiger partial charge in [0.2, 0.25) is 0 Å². The van der Waals surface area contributed by atoms with E-state index < -0.39 is 0 Å². The minimum Gasteiger partial charge on any atom is -0.310 e. The van der Waals surface area contributed by atoms with Crippen molar-refractivity contribution in [3.8, 4) is 0 Å². The normalized spacial score (nSPS) is 11.4. The zero-order valence-corrected chi connectivity index (χ0v) is 12.4. The fourth-order valence-electron chi connectivity index (χ4n) is 2.10. The molecule has 0 saturated heterocycles. The van der Waals surface area contributed by atoms with Gasteiger partial charge in [-0.25, -0.2) is 0 Å². The van der Waals surface area contributed by atoms with Crippen LogP contribution < -0.4 is 5.32 Å². The summed E-state index contributed by atoms with van der Waals surface area (Å²) in [6.45, 7) is 13.2. The molecule has 1 aromatic rings. The number of hydrogen-bond acceptors (Lipinski definition) is 2. The summed E-state index contributed by atoms with van der Waals surface area (Å²) in [5.74, 6) is 0. The fraction of sp³-hybridized carbons (Fsp3) is 0.625. The van der Waals surface area contributed by atoms with Crippen LogP contribution in [0.5, 0.6) is 0 Å². The lowest BCUT2D eigenvalue weighted by molar-refractivity contribution is 0.279. The first kappa shape index (κ1) is 15.2. The maximum atomic E-state index is 3.51. The van der Waals surface area contributed by atoms with Crippen LogP contribution in [0.25, 0.3) is 0 Å². The van der Waals surface area contributed by atoms with Crippen LogP contribution in [0.4, 0.5) is 0 Å². The highest BCUT2D eigenvalue weighted by Gasteiger charge is 2.07.